The van der Waals surface area contributed by atoms with E-state index in [0.717, 1.165) is 11.1 Å². The Balaban J connectivity index is 1.53. The molecule has 3 aliphatic heterocycles. The molecule has 29 heavy (non-hydrogen) atoms. The number of piperidine rings is 1. The largest absolute Gasteiger partial charge is 0.378 e. The number of ether oxygens (including phenoxy) is 1. The van der Waals surface area contributed by atoms with Crippen LogP contribution >= 0.6 is 0 Å². The number of imide groups is 1. The van der Waals surface area contributed by atoms with Crippen molar-refractivity contribution in [1.29, 1.82) is 0 Å². The first-order chi connectivity index (χ1) is 13.8. The fraction of sp³-hybridized carbons (Fsp3) is 0.571. The van der Waals surface area contributed by atoms with Crippen molar-refractivity contribution in [3.63, 3.8) is 0 Å². The molecule has 2 atom stereocenters. The van der Waals surface area contributed by atoms with E-state index in [1.807, 2.05) is 18.2 Å². The van der Waals surface area contributed by atoms with E-state index in [9.17, 15) is 14.4 Å². The number of carbonyl (C=O) groups is 3. The SMILES string of the molecule is CC1(C)COCC(CN)N1Cc1ccc2c(c1)C(=O)N(C1CCC(=O)NC1=O)C2. The number of carbonyl (C=O) groups excluding carboxylic acids is 3. The van der Waals surface area contributed by atoms with Crippen LogP contribution in [0.4, 0.5) is 0 Å². The van der Waals surface area contributed by atoms with Crippen LogP contribution in [0.1, 0.15) is 48.2 Å². The van der Waals surface area contributed by atoms with E-state index in [4.69, 9.17) is 10.5 Å². The Morgan fingerprint density at radius 2 is 2.07 bits per heavy atom. The summed E-state index contributed by atoms with van der Waals surface area (Å²) in [6.45, 7) is 7.10. The van der Waals surface area contributed by atoms with Crippen LogP contribution in [-0.4, -0.2) is 64.9 Å². The molecule has 3 amide bonds. The van der Waals surface area contributed by atoms with E-state index >= 15 is 0 Å². The number of hydrogen-bond donors (Lipinski definition) is 2. The van der Waals surface area contributed by atoms with Gasteiger partial charge in [0.2, 0.25) is 11.8 Å². The summed E-state index contributed by atoms with van der Waals surface area (Å²) in [4.78, 5) is 40.6. The average Bonchev–Trinajstić information content (AvgIpc) is 2.99. The lowest BCUT2D eigenvalue weighted by Gasteiger charge is -2.47. The van der Waals surface area contributed by atoms with Crippen molar-refractivity contribution in [3.05, 3.63) is 34.9 Å². The topological polar surface area (TPSA) is 105 Å². The first-order valence-corrected chi connectivity index (χ1v) is 10.1. The van der Waals surface area contributed by atoms with Gasteiger partial charge in [-0.25, -0.2) is 0 Å². The number of fused-ring (bicyclic) bond motifs is 1. The summed E-state index contributed by atoms with van der Waals surface area (Å²) in [6.07, 6.45) is 0.631. The molecule has 2 unspecified atom stereocenters. The molecule has 3 heterocycles. The summed E-state index contributed by atoms with van der Waals surface area (Å²) in [5, 5.41) is 2.34. The maximum atomic E-state index is 13.0. The summed E-state index contributed by atoms with van der Waals surface area (Å²) in [7, 11) is 0. The van der Waals surface area contributed by atoms with Crippen LogP contribution in [0.15, 0.2) is 18.2 Å². The Bertz CT molecular complexity index is 853. The summed E-state index contributed by atoms with van der Waals surface area (Å²) < 4.78 is 5.70. The number of morpholine rings is 1. The number of nitrogens with zero attached hydrogens (tertiary/aromatic N) is 2. The number of nitrogens with one attached hydrogen (secondary N) is 1. The third-order valence-corrected chi connectivity index (χ3v) is 6.20. The number of rotatable bonds is 4. The van der Waals surface area contributed by atoms with Gasteiger partial charge in [0.15, 0.2) is 0 Å². The van der Waals surface area contributed by atoms with Crippen LogP contribution in [0.25, 0.3) is 0 Å². The lowest BCUT2D eigenvalue weighted by molar-refractivity contribution is -0.136. The number of benzene rings is 1. The second kappa shape index (κ2) is 7.51. The fourth-order valence-corrected chi connectivity index (χ4v) is 4.55. The van der Waals surface area contributed by atoms with Crippen molar-refractivity contribution in [1.82, 2.24) is 15.1 Å². The van der Waals surface area contributed by atoms with Gasteiger partial charge >= 0.3 is 0 Å². The van der Waals surface area contributed by atoms with Crippen molar-refractivity contribution in [3.8, 4) is 0 Å². The van der Waals surface area contributed by atoms with Gasteiger partial charge in [-0.2, -0.15) is 0 Å². The molecule has 1 aromatic rings. The Labute approximate surface area is 170 Å². The summed E-state index contributed by atoms with van der Waals surface area (Å²) >= 11 is 0. The van der Waals surface area contributed by atoms with Crippen LogP contribution < -0.4 is 11.1 Å². The van der Waals surface area contributed by atoms with Gasteiger partial charge in [0.05, 0.1) is 13.2 Å². The highest BCUT2D eigenvalue weighted by Gasteiger charge is 2.40. The molecule has 2 fully saturated rings. The van der Waals surface area contributed by atoms with E-state index in [1.165, 1.54) is 0 Å². The fourth-order valence-electron chi connectivity index (χ4n) is 4.55. The van der Waals surface area contributed by atoms with Gasteiger partial charge in [0.1, 0.15) is 6.04 Å². The standard InChI is InChI=1S/C21H28N4O4/c1-21(2)12-29-11-15(8-22)25(21)9-13-3-4-14-10-24(20(28)16(14)7-13)17-5-6-18(26)23-19(17)27/h3-4,7,15,17H,5-6,8-12,22H2,1-2H3,(H,23,26,27). The third-order valence-electron chi connectivity index (χ3n) is 6.20. The van der Waals surface area contributed by atoms with Gasteiger partial charge in [-0.15, -0.1) is 0 Å². The molecule has 0 aromatic heterocycles. The van der Waals surface area contributed by atoms with Crippen molar-refractivity contribution in [2.45, 2.75) is 57.4 Å². The quantitative estimate of drug-likeness (QED) is 0.709. The lowest BCUT2D eigenvalue weighted by Crippen LogP contribution is -2.59. The molecule has 1 aromatic carbocycles. The molecular formula is C21H28N4O4. The van der Waals surface area contributed by atoms with Gasteiger partial charge in [0, 0.05) is 43.2 Å². The Morgan fingerprint density at radius 1 is 1.28 bits per heavy atom. The number of nitrogens with two attached hydrogens (primary N) is 1. The predicted molar refractivity (Wildman–Crippen MR) is 106 cm³/mol. The Hall–Kier alpha value is -2.29. The molecule has 0 aliphatic carbocycles. The van der Waals surface area contributed by atoms with Crippen molar-refractivity contribution < 1.29 is 19.1 Å². The maximum absolute atomic E-state index is 13.0. The summed E-state index contributed by atoms with van der Waals surface area (Å²) in [5.41, 5.74) is 8.41. The molecule has 8 nitrogen and oxygen atoms in total. The zero-order valence-corrected chi connectivity index (χ0v) is 16.9. The molecule has 4 rings (SSSR count). The van der Waals surface area contributed by atoms with Crippen molar-refractivity contribution in [2.75, 3.05) is 19.8 Å². The average molecular weight is 400 g/mol. The zero-order chi connectivity index (χ0) is 20.8. The molecule has 0 bridgehead atoms. The molecule has 0 radical (unpaired) electrons. The first-order valence-electron chi connectivity index (χ1n) is 10.1. The molecule has 2 saturated heterocycles. The van der Waals surface area contributed by atoms with Crippen molar-refractivity contribution >= 4 is 17.7 Å². The molecule has 156 valence electrons. The highest BCUT2D eigenvalue weighted by molar-refractivity contribution is 6.05. The molecular weight excluding hydrogens is 372 g/mol. The van der Waals surface area contributed by atoms with Gasteiger partial charge in [-0.05, 0) is 37.5 Å². The van der Waals surface area contributed by atoms with Crippen LogP contribution in [0.5, 0.6) is 0 Å². The van der Waals surface area contributed by atoms with Gasteiger partial charge in [-0.3, -0.25) is 24.6 Å². The van der Waals surface area contributed by atoms with E-state index in [-0.39, 0.29) is 35.7 Å². The molecule has 3 N–H and O–H groups in total. The number of hydrogen-bond acceptors (Lipinski definition) is 6. The minimum absolute atomic E-state index is 0.127. The highest BCUT2D eigenvalue weighted by Crippen LogP contribution is 2.30. The van der Waals surface area contributed by atoms with Gasteiger partial charge < -0.3 is 15.4 Å². The molecule has 0 spiro atoms. The predicted octanol–water partition coefficient (Wildman–Crippen LogP) is 0.386. The summed E-state index contributed by atoms with van der Waals surface area (Å²) in [5.74, 6) is -0.809. The maximum Gasteiger partial charge on any atom is 0.255 e. The Kier molecular flexibility index (Phi) is 5.18. The molecule has 0 saturated carbocycles. The Morgan fingerprint density at radius 3 is 2.79 bits per heavy atom. The minimum atomic E-state index is -0.587. The van der Waals surface area contributed by atoms with Gasteiger partial charge in [0.25, 0.3) is 5.91 Å². The van der Waals surface area contributed by atoms with E-state index in [2.05, 4.69) is 24.1 Å². The number of amides is 3. The van der Waals surface area contributed by atoms with Crippen LogP contribution in [0.2, 0.25) is 0 Å². The van der Waals surface area contributed by atoms with Crippen LogP contribution in [0, 0.1) is 0 Å². The molecule has 3 aliphatic rings. The second-order valence-electron chi connectivity index (χ2n) is 8.74. The van der Waals surface area contributed by atoms with Crippen molar-refractivity contribution in [2.24, 2.45) is 5.73 Å². The normalized spacial score (nSPS) is 27.1. The van der Waals surface area contributed by atoms with E-state index < -0.39 is 6.04 Å². The van der Waals surface area contributed by atoms with Gasteiger partial charge in [-0.1, -0.05) is 12.1 Å². The van der Waals surface area contributed by atoms with Crippen LogP contribution in [0.3, 0.4) is 0 Å². The summed E-state index contributed by atoms with van der Waals surface area (Å²) in [6, 6.07) is 5.49. The lowest BCUT2D eigenvalue weighted by atomic mass is 9.96. The highest BCUT2D eigenvalue weighted by atomic mass is 16.5. The minimum Gasteiger partial charge on any atom is -0.378 e. The first kappa shape index (κ1) is 20.0. The zero-order valence-electron chi connectivity index (χ0n) is 16.9. The molecule has 8 heteroatoms. The van der Waals surface area contributed by atoms with E-state index in [0.29, 0.717) is 44.8 Å². The monoisotopic (exact) mass is 400 g/mol. The second-order valence-corrected chi connectivity index (χ2v) is 8.74. The smallest absolute Gasteiger partial charge is 0.255 e. The van der Waals surface area contributed by atoms with E-state index in [1.54, 1.807) is 4.90 Å². The van der Waals surface area contributed by atoms with Crippen LogP contribution in [-0.2, 0) is 27.4 Å². The third kappa shape index (κ3) is 3.68.